The molecule has 6 heteroatoms. The Kier molecular flexibility index (Phi) is 2.57. The fourth-order valence-electron chi connectivity index (χ4n) is 1.49. The highest BCUT2D eigenvalue weighted by atomic mass is 19.4. The quantitative estimate of drug-likeness (QED) is 0.820. The van der Waals surface area contributed by atoms with E-state index in [2.05, 4.69) is 0 Å². The fraction of sp³-hybridized carbons (Fsp3) is 0.182. The molecular weight excluding hydrogens is 233 g/mol. The molecule has 0 saturated heterocycles. The van der Waals surface area contributed by atoms with Gasteiger partial charge < -0.3 is 4.42 Å². The van der Waals surface area contributed by atoms with E-state index in [0.717, 1.165) is 12.1 Å². The summed E-state index contributed by atoms with van der Waals surface area (Å²) in [5.74, 6) is 0.465. The third kappa shape index (κ3) is 2.25. The Morgan fingerprint density at radius 2 is 2.00 bits per heavy atom. The minimum Gasteiger partial charge on any atom is -0.429 e. The van der Waals surface area contributed by atoms with Gasteiger partial charge in [0.15, 0.2) is 0 Å². The monoisotopic (exact) mass is 242 g/mol. The van der Waals surface area contributed by atoms with Crippen molar-refractivity contribution in [3.8, 4) is 5.69 Å². The summed E-state index contributed by atoms with van der Waals surface area (Å²) >= 11 is 0. The molecule has 2 aromatic rings. The molecule has 0 radical (unpaired) electrons. The average Bonchev–Trinajstić information content (AvgIpc) is 2.57. The second kappa shape index (κ2) is 3.80. The van der Waals surface area contributed by atoms with Crippen molar-refractivity contribution >= 4 is 0 Å². The van der Waals surface area contributed by atoms with E-state index < -0.39 is 11.7 Å². The van der Waals surface area contributed by atoms with Crippen LogP contribution in [0.4, 0.5) is 13.2 Å². The molecule has 0 spiro atoms. The van der Waals surface area contributed by atoms with Gasteiger partial charge in [-0.3, -0.25) is 9.98 Å². The standard InChI is InChI=1S/C11H9F3N2O/c1-7-6-16(10(15)17-7)9-4-2-3-8(5-9)11(12,13)14/h2-6,15H,1H3. The molecule has 1 aromatic carbocycles. The summed E-state index contributed by atoms with van der Waals surface area (Å²) < 4.78 is 43.7. The van der Waals surface area contributed by atoms with Gasteiger partial charge in [-0.2, -0.15) is 13.2 Å². The van der Waals surface area contributed by atoms with E-state index in [4.69, 9.17) is 9.83 Å². The van der Waals surface area contributed by atoms with Crippen LogP contribution >= 0.6 is 0 Å². The highest BCUT2D eigenvalue weighted by molar-refractivity contribution is 5.36. The number of aryl methyl sites for hydroxylation is 1. The molecule has 0 amide bonds. The first-order valence-electron chi connectivity index (χ1n) is 4.79. The maximum atomic E-state index is 12.5. The molecule has 1 heterocycles. The van der Waals surface area contributed by atoms with Crippen molar-refractivity contribution in [1.82, 2.24) is 4.57 Å². The van der Waals surface area contributed by atoms with Gasteiger partial charge in [0.1, 0.15) is 5.76 Å². The zero-order valence-electron chi connectivity index (χ0n) is 8.88. The molecule has 0 aliphatic rings. The molecule has 0 unspecified atom stereocenters. The molecule has 0 aliphatic heterocycles. The van der Waals surface area contributed by atoms with Crippen molar-refractivity contribution < 1.29 is 17.6 Å². The first kappa shape index (κ1) is 11.5. The number of nitrogens with one attached hydrogen (secondary N) is 1. The van der Waals surface area contributed by atoms with Gasteiger partial charge in [0.25, 0.3) is 5.68 Å². The number of rotatable bonds is 1. The van der Waals surface area contributed by atoms with Gasteiger partial charge in [-0.05, 0) is 25.1 Å². The molecule has 3 nitrogen and oxygen atoms in total. The topological polar surface area (TPSA) is 41.9 Å². The van der Waals surface area contributed by atoms with Gasteiger partial charge in [-0.25, -0.2) is 0 Å². The number of benzene rings is 1. The van der Waals surface area contributed by atoms with Crippen LogP contribution in [0.3, 0.4) is 0 Å². The molecule has 0 saturated carbocycles. The van der Waals surface area contributed by atoms with E-state index in [1.54, 1.807) is 6.92 Å². The van der Waals surface area contributed by atoms with Crippen LogP contribution in [0.5, 0.6) is 0 Å². The van der Waals surface area contributed by atoms with Gasteiger partial charge in [0, 0.05) is 0 Å². The Balaban J connectivity index is 2.54. The largest absolute Gasteiger partial charge is 0.429 e. The number of alkyl halides is 3. The second-order valence-corrected chi connectivity index (χ2v) is 3.57. The van der Waals surface area contributed by atoms with Crippen molar-refractivity contribution in [2.45, 2.75) is 13.1 Å². The molecule has 0 bridgehead atoms. The lowest BCUT2D eigenvalue weighted by molar-refractivity contribution is -0.137. The van der Waals surface area contributed by atoms with Crippen molar-refractivity contribution in [2.24, 2.45) is 0 Å². The van der Waals surface area contributed by atoms with Crippen LogP contribution in [0.15, 0.2) is 34.9 Å². The Bertz CT molecular complexity index is 595. The highest BCUT2D eigenvalue weighted by Crippen LogP contribution is 2.30. The number of aromatic nitrogens is 1. The lowest BCUT2D eigenvalue weighted by atomic mass is 10.2. The summed E-state index contributed by atoms with van der Waals surface area (Å²) in [5.41, 5.74) is -0.704. The average molecular weight is 242 g/mol. The zero-order chi connectivity index (χ0) is 12.6. The Hall–Kier alpha value is -1.98. The van der Waals surface area contributed by atoms with E-state index in [1.807, 2.05) is 0 Å². The third-order valence-corrected chi connectivity index (χ3v) is 2.24. The maximum Gasteiger partial charge on any atom is 0.416 e. The Morgan fingerprint density at radius 1 is 1.29 bits per heavy atom. The summed E-state index contributed by atoms with van der Waals surface area (Å²) in [6.07, 6.45) is -2.92. The molecular formula is C11H9F3N2O. The number of oxazole rings is 1. The summed E-state index contributed by atoms with van der Waals surface area (Å²) in [5, 5.41) is 7.47. The molecule has 1 aromatic heterocycles. The van der Waals surface area contributed by atoms with E-state index in [9.17, 15) is 13.2 Å². The van der Waals surface area contributed by atoms with E-state index >= 15 is 0 Å². The molecule has 0 atom stereocenters. The molecule has 0 aliphatic carbocycles. The first-order valence-corrected chi connectivity index (χ1v) is 4.79. The predicted molar refractivity (Wildman–Crippen MR) is 53.6 cm³/mol. The number of hydrogen-bond donors (Lipinski definition) is 1. The smallest absolute Gasteiger partial charge is 0.416 e. The van der Waals surface area contributed by atoms with E-state index in [0.29, 0.717) is 5.76 Å². The summed E-state index contributed by atoms with van der Waals surface area (Å²) in [6, 6.07) is 4.75. The van der Waals surface area contributed by atoms with Gasteiger partial charge in [0.2, 0.25) is 0 Å². The van der Waals surface area contributed by atoms with Gasteiger partial charge in [-0.15, -0.1) is 0 Å². The van der Waals surface area contributed by atoms with Crippen LogP contribution < -0.4 is 5.68 Å². The zero-order valence-corrected chi connectivity index (χ0v) is 8.88. The van der Waals surface area contributed by atoms with Gasteiger partial charge in [0.05, 0.1) is 17.4 Å². The lowest BCUT2D eigenvalue weighted by Crippen LogP contribution is -2.12. The SMILES string of the molecule is Cc1cn(-c2cccc(C(F)(F)F)c2)c(=N)o1. The Morgan fingerprint density at radius 3 is 2.53 bits per heavy atom. The van der Waals surface area contributed by atoms with E-state index in [-0.39, 0.29) is 11.4 Å². The number of halogens is 3. The maximum absolute atomic E-state index is 12.5. The Labute approximate surface area is 94.6 Å². The number of nitrogens with zero attached hydrogens (tertiary/aromatic N) is 1. The number of hydrogen-bond acceptors (Lipinski definition) is 2. The van der Waals surface area contributed by atoms with Crippen molar-refractivity contribution in [1.29, 1.82) is 5.41 Å². The second-order valence-electron chi connectivity index (χ2n) is 3.57. The van der Waals surface area contributed by atoms with Crippen LogP contribution in [-0.2, 0) is 6.18 Å². The van der Waals surface area contributed by atoms with Crippen LogP contribution in [0.1, 0.15) is 11.3 Å². The first-order chi connectivity index (χ1) is 7.88. The lowest BCUT2D eigenvalue weighted by Gasteiger charge is -2.08. The molecule has 90 valence electrons. The minimum atomic E-state index is -4.39. The van der Waals surface area contributed by atoms with Gasteiger partial charge >= 0.3 is 6.18 Å². The predicted octanol–water partition coefficient (Wildman–Crippen LogP) is 2.88. The van der Waals surface area contributed by atoms with Crippen molar-refractivity contribution in [3.05, 3.63) is 47.5 Å². The fourth-order valence-corrected chi connectivity index (χ4v) is 1.49. The van der Waals surface area contributed by atoms with Crippen LogP contribution in [-0.4, -0.2) is 4.57 Å². The highest BCUT2D eigenvalue weighted by Gasteiger charge is 2.30. The third-order valence-electron chi connectivity index (χ3n) is 2.24. The van der Waals surface area contributed by atoms with E-state index in [1.165, 1.54) is 22.9 Å². The van der Waals surface area contributed by atoms with Crippen molar-refractivity contribution in [2.75, 3.05) is 0 Å². The van der Waals surface area contributed by atoms with Crippen LogP contribution in [0.25, 0.3) is 5.69 Å². The summed E-state index contributed by atoms with van der Waals surface area (Å²) in [6.45, 7) is 1.63. The molecule has 0 fully saturated rings. The molecule has 17 heavy (non-hydrogen) atoms. The summed E-state index contributed by atoms with van der Waals surface area (Å²) in [4.78, 5) is 0. The van der Waals surface area contributed by atoms with Crippen LogP contribution in [0.2, 0.25) is 0 Å². The molecule has 2 rings (SSSR count). The summed E-state index contributed by atoms with van der Waals surface area (Å²) in [7, 11) is 0. The van der Waals surface area contributed by atoms with Gasteiger partial charge in [-0.1, -0.05) is 6.07 Å². The van der Waals surface area contributed by atoms with Crippen LogP contribution in [0, 0.1) is 12.3 Å². The minimum absolute atomic E-state index is 0.207. The molecule has 1 N–H and O–H groups in total. The van der Waals surface area contributed by atoms with Crippen molar-refractivity contribution in [3.63, 3.8) is 0 Å². The normalized spacial score (nSPS) is 11.8.